The Hall–Kier alpha value is -3.79. The minimum atomic E-state index is -1.14. The Labute approximate surface area is 181 Å². The molecule has 0 aliphatic heterocycles. The summed E-state index contributed by atoms with van der Waals surface area (Å²) in [5.41, 5.74) is 1.39. The van der Waals surface area contributed by atoms with Gasteiger partial charge in [0.15, 0.2) is 5.82 Å². The first-order valence-electron chi connectivity index (χ1n) is 9.42. The van der Waals surface area contributed by atoms with Gasteiger partial charge >= 0.3 is 5.97 Å². The van der Waals surface area contributed by atoms with E-state index in [1.807, 2.05) is 22.9 Å². The van der Waals surface area contributed by atoms with Crippen LogP contribution in [0.1, 0.15) is 29.7 Å². The summed E-state index contributed by atoms with van der Waals surface area (Å²) in [6.07, 6.45) is -0.971. The van der Waals surface area contributed by atoms with Gasteiger partial charge in [-0.2, -0.15) is 16.3 Å². The number of carbonyl (C=O) groups is 2. The average molecular weight is 438 g/mol. The molecule has 9 nitrogen and oxygen atoms in total. The fourth-order valence-corrected chi connectivity index (χ4v) is 3.42. The largest absolute Gasteiger partial charge is 0.447 e. The maximum Gasteiger partial charge on any atom is 0.307 e. The van der Waals surface area contributed by atoms with Crippen molar-refractivity contribution in [2.75, 3.05) is 5.32 Å². The molecular weight excluding hydrogens is 420 g/mol. The molecule has 3 aromatic heterocycles. The van der Waals surface area contributed by atoms with Gasteiger partial charge in [-0.1, -0.05) is 40.6 Å². The van der Waals surface area contributed by atoms with Crippen LogP contribution < -0.4 is 5.32 Å². The van der Waals surface area contributed by atoms with E-state index in [1.165, 1.54) is 11.3 Å². The van der Waals surface area contributed by atoms with E-state index in [2.05, 4.69) is 20.6 Å². The summed E-state index contributed by atoms with van der Waals surface area (Å²) in [5, 5.41) is 14.1. The second kappa shape index (κ2) is 9.35. The summed E-state index contributed by atoms with van der Waals surface area (Å²) in [7, 11) is 0. The van der Waals surface area contributed by atoms with Gasteiger partial charge < -0.3 is 19.1 Å². The number of esters is 1. The maximum atomic E-state index is 12.8. The molecular formula is C21H18N4O5S. The first kappa shape index (κ1) is 20.5. The van der Waals surface area contributed by atoms with E-state index in [1.54, 1.807) is 37.3 Å². The summed E-state index contributed by atoms with van der Waals surface area (Å²) in [4.78, 5) is 29.5. The minimum Gasteiger partial charge on any atom is -0.447 e. The van der Waals surface area contributed by atoms with Gasteiger partial charge in [0.1, 0.15) is 5.76 Å². The number of rotatable bonds is 8. The maximum absolute atomic E-state index is 12.8. The van der Waals surface area contributed by atoms with Crippen LogP contribution >= 0.6 is 11.3 Å². The van der Waals surface area contributed by atoms with Crippen molar-refractivity contribution in [3.8, 4) is 11.4 Å². The van der Waals surface area contributed by atoms with Crippen LogP contribution in [0.4, 0.5) is 5.82 Å². The van der Waals surface area contributed by atoms with E-state index >= 15 is 0 Å². The Kier molecular flexibility index (Phi) is 6.18. The SMILES string of the molecule is Cc1cc(NC(=O)C(OC(=O)CCc2nc(-c3ccsc3)no2)c2ccccc2)no1. The Bertz CT molecular complexity index is 1150. The van der Waals surface area contributed by atoms with Gasteiger partial charge in [-0.05, 0) is 18.4 Å². The van der Waals surface area contributed by atoms with E-state index in [9.17, 15) is 9.59 Å². The predicted molar refractivity (Wildman–Crippen MR) is 111 cm³/mol. The second-order valence-corrected chi connectivity index (χ2v) is 7.40. The molecule has 158 valence electrons. The third-order valence-corrected chi connectivity index (χ3v) is 4.94. The lowest BCUT2D eigenvalue weighted by molar-refractivity contribution is -0.154. The molecule has 4 aromatic rings. The number of aryl methyl sites for hydroxylation is 2. The molecule has 0 saturated carbocycles. The number of thiophene rings is 1. The van der Waals surface area contributed by atoms with Crippen molar-refractivity contribution >= 4 is 29.0 Å². The lowest BCUT2D eigenvalue weighted by Crippen LogP contribution is -2.26. The second-order valence-electron chi connectivity index (χ2n) is 6.62. The van der Waals surface area contributed by atoms with E-state index in [0.717, 1.165) is 5.56 Å². The third kappa shape index (κ3) is 5.23. The molecule has 0 fully saturated rings. The quantitative estimate of drug-likeness (QED) is 0.411. The lowest BCUT2D eigenvalue weighted by Gasteiger charge is -2.17. The molecule has 0 spiro atoms. The fraction of sp³-hybridized carbons (Fsp3) is 0.190. The Morgan fingerprint density at radius 3 is 2.71 bits per heavy atom. The van der Waals surface area contributed by atoms with E-state index < -0.39 is 18.0 Å². The number of aromatic nitrogens is 3. The van der Waals surface area contributed by atoms with Crippen LogP contribution in [0.25, 0.3) is 11.4 Å². The van der Waals surface area contributed by atoms with Gasteiger partial charge in [-0.15, -0.1) is 0 Å². The molecule has 0 aliphatic carbocycles. The Balaban J connectivity index is 1.40. The smallest absolute Gasteiger partial charge is 0.307 e. The zero-order valence-electron chi connectivity index (χ0n) is 16.5. The zero-order chi connectivity index (χ0) is 21.6. The molecule has 3 heterocycles. The molecule has 10 heteroatoms. The molecule has 0 radical (unpaired) electrons. The van der Waals surface area contributed by atoms with E-state index in [4.69, 9.17) is 13.8 Å². The molecule has 31 heavy (non-hydrogen) atoms. The molecule has 0 saturated heterocycles. The van der Waals surface area contributed by atoms with Crippen LogP contribution in [0, 0.1) is 6.92 Å². The number of hydrogen-bond acceptors (Lipinski definition) is 9. The van der Waals surface area contributed by atoms with Gasteiger partial charge in [0.2, 0.25) is 17.8 Å². The summed E-state index contributed by atoms with van der Waals surface area (Å²) in [6, 6.07) is 12.2. The topological polar surface area (TPSA) is 120 Å². The molecule has 0 bridgehead atoms. The van der Waals surface area contributed by atoms with Crippen LogP contribution in [0.15, 0.2) is 62.3 Å². The summed E-state index contributed by atoms with van der Waals surface area (Å²) in [6.45, 7) is 1.71. The van der Waals surface area contributed by atoms with Gasteiger partial charge in [0.25, 0.3) is 5.91 Å². The highest BCUT2D eigenvalue weighted by Crippen LogP contribution is 2.22. The predicted octanol–water partition coefficient (Wildman–Crippen LogP) is 3.95. The number of hydrogen-bond donors (Lipinski definition) is 1. The Morgan fingerprint density at radius 1 is 1.16 bits per heavy atom. The van der Waals surface area contributed by atoms with Crippen molar-refractivity contribution in [3.05, 3.63) is 70.4 Å². The number of ether oxygens (including phenoxy) is 1. The van der Waals surface area contributed by atoms with Gasteiger partial charge in [0.05, 0.1) is 6.42 Å². The zero-order valence-corrected chi connectivity index (χ0v) is 17.3. The van der Waals surface area contributed by atoms with Crippen molar-refractivity contribution in [2.24, 2.45) is 0 Å². The molecule has 4 rings (SSSR count). The van der Waals surface area contributed by atoms with Crippen LogP contribution in [-0.2, 0) is 20.7 Å². The van der Waals surface area contributed by atoms with E-state index in [0.29, 0.717) is 23.0 Å². The van der Waals surface area contributed by atoms with Crippen molar-refractivity contribution < 1.29 is 23.4 Å². The summed E-state index contributed by atoms with van der Waals surface area (Å²) >= 11 is 1.53. The number of nitrogens with zero attached hydrogens (tertiary/aromatic N) is 3. The highest BCUT2D eigenvalue weighted by Gasteiger charge is 2.26. The summed E-state index contributed by atoms with van der Waals surface area (Å²) in [5.74, 6) is 0.461. The number of carbonyl (C=O) groups excluding carboxylic acids is 2. The highest BCUT2D eigenvalue weighted by atomic mass is 32.1. The van der Waals surface area contributed by atoms with Gasteiger partial charge in [-0.25, -0.2) is 0 Å². The normalized spacial score (nSPS) is 11.8. The molecule has 1 aromatic carbocycles. The van der Waals surface area contributed by atoms with Crippen LogP contribution in [0.2, 0.25) is 0 Å². The van der Waals surface area contributed by atoms with Crippen molar-refractivity contribution in [1.82, 2.24) is 15.3 Å². The lowest BCUT2D eigenvalue weighted by atomic mass is 10.1. The Morgan fingerprint density at radius 2 is 2.00 bits per heavy atom. The monoisotopic (exact) mass is 438 g/mol. The highest BCUT2D eigenvalue weighted by molar-refractivity contribution is 7.08. The molecule has 1 unspecified atom stereocenters. The van der Waals surface area contributed by atoms with E-state index in [-0.39, 0.29) is 18.7 Å². The summed E-state index contributed by atoms with van der Waals surface area (Å²) < 4.78 is 15.6. The molecule has 1 atom stereocenters. The number of benzene rings is 1. The van der Waals surface area contributed by atoms with Crippen LogP contribution in [0.5, 0.6) is 0 Å². The molecule has 1 N–H and O–H groups in total. The van der Waals surface area contributed by atoms with Crippen molar-refractivity contribution in [2.45, 2.75) is 25.9 Å². The van der Waals surface area contributed by atoms with Crippen molar-refractivity contribution in [1.29, 1.82) is 0 Å². The molecule has 0 aliphatic rings. The number of nitrogens with one attached hydrogen (secondary N) is 1. The minimum absolute atomic E-state index is 0.0229. The van der Waals surface area contributed by atoms with Crippen LogP contribution in [0.3, 0.4) is 0 Å². The standard InChI is InChI=1S/C21H18N4O5S/c1-13-11-16(24-29-13)22-21(27)19(14-5-3-2-4-6-14)28-18(26)8-7-17-23-20(25-30-17)15-9-10-31-12-15/h2-6,9-12,19H,7-8H2,1H3,(H,22,24,27). The fourth-order valence-electron chi connectivity index (χ4n) is 2.78. The van der Waals surface area contributed by atoms with Gasteiger partial charge in [-0.3, -0.25) is 9.59 Å². The van der Waals surface area contributed by atoms with Crippen LogP contribution in [-0.4, -0.2) is 27.2 Å². The first-order valence-corrected chi connectivity index (χ1v) is 10.4. The average Bonchev–Trinajstić information content (AvgIpc) is 3.53. The van der Waals surface area contributed by atoms with Crippen molar-refractivity contribution in [3.63, 3.8) is 0 Å². The third-order valence-electron chi connectivity index (χ3n) is 4.26. The number of anilines is 1. The van der Waals surface area contributed by atoms with Gasteiger partial charge in [0, 0.05) is 29.0 Å². The molecule has 1 amide bonds. The number of amides is 1. The first-order chi connectivity index (χ1) is 15.1.